The Morgan fingerprint density at radius 1 is 1.18 bits per heavy atom. The SMILES string of the molecule is COc1cccc(N(/C(=N\N)SCc2cccc(C)c2)C(C)CCCCC(=O)NCCC2=CCCC=C2)c1. The number of ether oxygens (including phenoxy) is 1. The number of carbonyl (C=O) groups excluding carboxylic acids is 1. The van der Waals surface area contributed by atoms with E-state index in [-0.39, 0.29) is 11.9 Å². The lowest BCUT2D eigenvalue weighted by molar-refractivity contribution is -0.121. The van der Waals surface area contributed by atoms with Gasteiger partial charge in [-0.25, -0.2) is 0 Å². The van der Waals surface area contributed by atoms with Crippen LogP contribution in [0.3, 0.4) is 0 Å². The Balaban J connectivity index is 1.55. The second kappa shape index (κ2) is 15.9. The average Bonchev–Trinajstić information content (AvgIpc) is 2.94. The summed E-state index contributed by atoms with van der Waals surface area (Å²) in [5.74, 6) is 7.63. The van der Waals surface area contributed by atoms with Gasteiger partial charge in [0.05, 0.1) is 7.11 Å². The molecule has 0 aromatic heterocycles. The molecule has 2 aromatic rings. The van der Waals surface area contributed by atoms with E-state index >= 15 is 0 Å². The van der Waals surface area contributed by atoms with Crippen molar-refractivity contribution in [1.82, 2.24) is 5.32 Å². The number of benzene rings is 2. The Labute approximate surface area is 232 Å². The van der Waals surface area contributed by atoms with E-state index in [2.05, 4.69) is 77.7 Å². The molecule has 0 fully saturated rings. The van der Waals surface area contributed by atoms with Gasteiger partial charge in [-0.05, 0) is 63.6 Å². The first-order valence-electron chi connectivity index (χ1n) is 13.5. The van der Waals surface area contributed by atoms with Crippen molar-refractivity contribution in [1.29, 1.82) is 0 Å². The van der Waals surface area contributed by atoms with Gasteiger partial charge in [-0.2, -0.15) is 5.10 Å². The van der Waals surface area contributed by atoms with Gasteiger partial charge in [-0.15, -0.1) is 0 Å². The molecule has 0 radical (unpaired) electrons. The van der Waals surface area contributed by atoms with Crippen molar-refractivity contribution in [3.05, 3.63) is 83.5 Å². The Hall–Kier alpha value is -3.19. The van der Waals surface area contributed by atoms with E-state index in [9.17, 15) is 4.79 Å². The van der Waals surface area contributed by atoms with Crippen molar-refractivity contribution in [2.75, 3.05) is 18.6 Å². The Bertz CT molecular complexity index is 1130. The highest BCUT2D eigenvalue weighted by atomic mass is 32.2. The predicted octanol–water partition coefficient (Wildman–Crippen LogP) is 6.70. The van der Waals surface area contributed by atoms with Crippen molar-refractivity contribution in [2.24, 2.45) is 10.9 Å². The van der Waals surface area contributed by atoms with Crippen LogP contribution < -0.4 is 20.8 Å². The monoisotopic (exact) mass is 534 g/mol. The maximum atomic E-state index is 12.3. The average molecular weight is 535 g/mol. The van der Waals surface area contributed by atoms with Crippen molar-refractivity contribution in [3.8, 4) is 5.75 Å². The van der Waals surface area contributed by atoms with E-state index in [1.807, 2.05) is 18.2 Å². The number of allylic oxidation sites excluding steroid dienone is 3. The lowest BCUT2D eigenvalue weighted by Crippen LogP contribution is -2.38. The van der Waals surface area contributed by atoms with Crippen LogP contribution in [0.4, 0.5) is 5.69 Å². The molecule has 3 rings (SSSR count). The molecule has 0 saturated heterocycles. The third-order valence-corrected chi connectivity index (χ3v) is 7.66. The number of hydrogen-bond acceptors (Lipinski definition) is 5. The van der Waals surface area contributed by atoms with Crippen LogP contribution in [0.1, 0.15) is 63.0 Å². The molecule has 204 valence electrons. The van der Waals surface area contributed by atoms with Gasteiger partial charge in [0.2, 0.25) is 5.91 Å². The van der Waals surface area contributed by atoms with Crippen LogP contribution in [0, 0.1) is 6.92 Å². The maximum Gasteiger partial charge on any atom is 0.220 e. The zero-order valence-electron chi connectivity index (χ0n) is 23.0. The molecule has 2 aromatic carbocycles. The molecular formula is C31H42N4O2S. The first-order chi connectivity index (χ1) is 18.5. The molecule has 1 atom stereocenters. The number of thioether (sulfide) groups is 1. The summed E-state index contributed by atoms with van der Waals surface area (Å²) in [6.45, 7) is 4.98. The van der Waals surface area contributed by atoms with Gasteiger partial charge >= 0.3 is 0 Å². The van der Waals surface area contributed by atoms with Crippen molar-refractivity contribution in [2.45, 2.75) is 70.6 Å². The second-order valence-electron chi connectivity index (χ2n) is 9.71. The van der Waals surface area contributed by atoms with Crippen molar-refractivity contribution in [3.63, 3.8) is 0 Å². The second-order valence-corrected chi connectivity index (χ2v) is 10.7. The molecule has 1 aliphatic rings. The minimum absolute atomic E-state index is 0.126. The molecule has 0 bridgehead atoms. The summed E-state index contributed by atoms with van der Waals surface area (Å²) in [6.07, 6.45) is 13.0. The Kier molecular flexibility index (Phi) is 12.3. The molecule has 0 saturated carbocycles. The van der Waals surface area contributed by atoms with Crippen molar-refractivity contribution >= 4 is 28.5 Å². The third-order valence-electron chi connectivity index (χ3n) is 6.62. The number of unbranched alkanes of at least 4 members (excludes halogenated alkanes) is 1. The lowest BCUT2D eigenvalue weighted by Gasteiger charge is -2.32. The first-order valence-corrected chi connectivity index (χ1v) is 14.5. The summed E-state index contributed by atoms with van der Waals surface area (Å²) < 4.78 is 5.48. The van der Waals surface area contributed by atoms with Crippen LogP contribution in [0.25, 0.3) is 0 Å². The summed E-state index contributed by atoms with van der Waals surface area (Å²) in [6, 6.07) is 16.6. The predicted molar refractivity (Wildman–Crippen MR) is 162 cm³/mol. The molecule has 0 aliphatic heterocycles. The number of nitrogens with one attached hydrogen (secondary N) is 1. The molecule has 7 heteroatoms. The van der Waals surface area contributed by atoms with Gasteiger partial charge in [0.15, 0.2) is 5.17 Å². The van der Waals surface area contributed by atoms with E-state index in [0.29, 0.717) is 13.0 Å². The number of aryl methyl sites for hydroxylation is 1. The number of hydrazone groups is 1. The smallest absolute Gasteiger partial charge is 0.220 e. The van der Waals surface area contributed by atoms with E-state index < -0.39 is 0 Å². The van der Waals surface area contributed by atoms with Gasteiger partial charge in [0.1, 0.15) is 5.75 Å². The van der Waals surface area contributed by atoms with Crippen molar-refractivity contribution < 1.29 is 9.53 Å². The number of nitrogens with zero attached hydrogens (tertiary/aromatic N) is 2. The van der Waals surface area contributed by atoms with Crippen LogP contribution in [-0.4, -0.2) is 30.8 Å². The first kappa shape index (κ1) is 29.4. The zero-order valence-corrected chi connectivity index (χ0v) is 23.8. The van der Waals surface area contributed by atoms with Crippen LogP contribution >= 0.6 is 11.8 Å². The normalized spacial score (nSPS) is 14.1. The summed E-state index contributed by atoms with van der Waals surface area (Å²) in [5.41, 5.74) is 4.78. The fraction of sp³-hybridized carbons (Fsp3) is 0.419. The van der Waals surface area contributed by atoms with Crippen LogP contribution in [0.2, 0.25) is 0 Å². The lowest BCUT2D eigenvalue weighted by atomic mass is 10.0. The topological polar surface area (TPSA) is 79.9 Å². The number of nitrogens with two attached hydrogens (primary N) is 1. The summed E-state index contributed by atoms with van der Waals surface area (Å²) >= 11 is 1.63. The largest absolute Gasteiger partial charge is 0.497 e. The van der Waals surface area contributed by atoms with Crippen LogP contribution in [0.15, 0.2) is 77.4 Å². The number of anilines is 1. The van der Waals surface area contributed by atoms with Crippen LogP contribution in [-0.2, 0) is 10.5 Å². The third kappa shape index (κ3) is 9.60. The number of carbonyl (C=O) groups is 1. The minimum atomic E-state index is 0.126. The van der Waals surface area contributed by atoms with Crippen LogP contribution in [0.5, 0.6) is 5.75 Å². The fourth-order valence-electron chi connectivity index (χ4n) is 4.57. The quantitative estimate of drug-likeness (QED) is 0.0982. The molecule has 3 N–H and O–H groups in total. The zero-order chi connectivity index (χ0) is 27.2. The summed E-state index contributed by atoms with van der Waals surface area (Å²) in [5, 5.41) is 8.03. The van der Waals surface area contributed by atoms with Gasteiger partial charge in [0, 0.05) is 36.5 Å². The summed E-state index contributed by atoms with van der Waals surface area (Å²) in [4.78, 5) is 14.5. The fourth-order valence-corrected chi connectivity index (χ4v) is 5.55. The Morgan fingerprint density at radius 2 is 2.03 bits per heavy atom. The van der Waals surface area contributed by atoms with Gasteiger partial charge < -0.3 is 20.8 Å². The van der Waals surface area contributed by atoms with E-state index in [1.54, 1.807) is 18.9 Å². The molecular weight excluding hydrogens is 492 g/mol. The minimum Gasteiger partial charge on any atom is -0.497 e. The van der Waals surface area contributed by atoms with Gasteiger partial charge in [-0.1, -0.05) is 77.9 Å². The number of methoxy groups -OCH3 is 1. The van der Waals surface area contributed by atoms with E-state index in [4.69, 9.17) is 10.6 Å². The van der Waals surface area contributed by atoms with E-state index in [0.717, 1.165) is 60.9 Å². The highest BCUT2D eigenvalue weighted by Crippen LogP contribution is 2.29. The molecule has 1 aliphatic carbocycles. The summed E-state index contributed by atoms with van der Waals surface area (Å²) in [7, 11) is 1.67. The molecule has 1 unspecified atom stereocenters. The highest BCUT2D eigenvalue weighted by molar-refractivity contribution is 8.13. The standard InChI is InChI=1S/C31H42N4O2S/c1-24-11-9-15-27(21-24)23-38-31(34-32)35(28-16-10-17-29(22-28)37-3)25(2)12-7-8-18-30(36)33-20-19-26-13-5-4-6-14-26/h5,9-11,13-17,21-22,25H,4,6-8,12,18-20,23,32H2,1-3H3,(H,33,36)/b34-31+. The number of rotatable bonds is 13. The van der Waals surface area contributed by atoms with Gasteiger partial charge in [-0.3, -0.25) is 4.79 Å². The number of amidine groups is 1. The Morgan fingerprint density at radius 3 is 2.76 bits per heavy atom. The highest BCUT2D eigenvalue weighted by Gasteiger charge is 2.22. The molecule has 1 amide bonds. The molecule has 6 nitrogen and oxygen atoms in total. The number of amides is 1. The maximum absolute atomic E-state index is 12.3. The molecule has 0 spiro atoms. The van der Waals surface area contributed by atoms with E-state index in [1.165, 1.54) is 16.7 Å². The number of hydrogen-bond donors (Lipinski definition) is 2. The van der Waals surface area contributed by atoms with Gasteiger partial charge in [0.25, 0.3) is 0 Å². The molecule has 0 heterocycles. The molecule has 38 heavy (non-hydrogen) atoms.